The highest BCUT2D eigenvalue weighted by atomic mass is 16.5. The monoisotopic (exact) mass is 385 g/mol. The van der Waals surface area contributed by atoms with Crippen molar-refractivity contribution in [2.75, 3.05) is 19.8 Å². The summed E-state index contributed by atoms with van der Waals surface area (Å²) in [5.41, 5.74) is 2.76. The van der Waals surface area contributed by atoms with Gasteiger partial charge in [-0.1, -0.05) is 60.2 Å². The molecule has 0 aromatic heterocycles. The van der Waals surface area contributed by atoms with Gasteiger partial charge in [-0.2, -0.15) is 0 Å². The Bertz CT molecular complexity index is 720. The molecule has 5 nitrogen and oxygen atoms in total. The molecule has 0 aliphatic heterocycles. The summed E-state index contributed by atoms with van der Waals surface area (Å²) in [5.74, 6) is -0.0871. The lowest BCUT2D eigenvalue weighted by Gasteiger charge is -2.21. The van der Waals surface area contributed by atoms with E-state index in [0.29, 0.717) is 24.9 Å². The molecule has 2 rings (SSSR count). The largest absolute Gasteiger partial charge is 0.396 e. The summed E-state index contributed by atoms with van der Waals surface area (Å²) >= 11 is 0. The maximum atomic E-state index is 12.9. The molecule has 0 spiro atoms. The van der Waals surface area contributed by atoms with Crippen LogP contribution in [0.5, 0.6) is 0 Å². The molecule has 2 aromatic rings. The van der Waals surface area contributed by atoms with Crippen molar-refractivity contribution in [3.05, 3.63) is 71.3 Å². The Labute approximate surface area is 167 Å². The van der Waals surface area contributed by atoms with Crippen molar-refractivity contribution in [1.82, 2.24) is 5.32 Å². The van der Waals surface area contributed by atoms with Gasteiger partial charge in [0.15, 0.2) is 5.78 Å². The lowest BCUT2D eigenvalue weighted by Crippen LogP contribution is -2.38. The molecule has 152 valence electrons. The standard InChI is InChI=1S/C23H31NO4/c1-17-7-6-8-19(13-17)14-22(23(27)20-9-4-3-5-10-20)28-16-21(26)15-24-18(2)11-12-25/h3-10,13,18,21-22,24-26H,11-12,14-16H2,1-2H3. The van der Waals surface area contributed by atoms with E-state index >= 15 is 0 Å². The summed E-state index contributed by atoms with van der Waals surface area (Å²) in [7, 11) is 0. The van der Waals surface area contributed by atoms with Crippen LogP contribution < -0.4 is 5.32 Å². The molecule has 0 saturated heterocycles. The smallest absolute Gasteiger partial charge is 0.191 e. The van der Waals surface area contributed by atoms with E-state index in [4.69, 9.17) is 9.84 Å². The number of carbonyl (C=O) groups is 1. The van der Waals surface area contributed by atoms with Crippen molar-refractivity contribution < 1.29 is 19.7 Å². The number of hydrogen-bond acceptors (Lipinski definition) is 5. The average Bonchev–Trinajstić information content (AvgIpc) is 2.70. The third-order valence-electron chi connectivity index (χ3n) is 4.61. The Morgan fingerprint density at radius 2 is 1.89 bits per heavy atom. The predicted molar refractivity (Wildman–Crippen MR) is 111 cm³/mol. The van der Waals surface area contributed by atoms with Crippen LogP contribution in [-0.4, -0.2) is 54.0 Å². The highest BCUT2D eigenvalue weighted by Crippen LogP contribution is 2.14. The van der Waals surface area contributed by atoms with Gasteiger partial charge in [-0.3, -0.25) is 4.79 Å². The second-order valence-electron chi connectivity index (χ2n) is 7.22. The molecule has 0 heterocycles. The number of ketones is 1. The van der Waals surface area contributed by atoms with Crippen LogP contribution in [0.15, 0.2) is 54.6 Å². The molecule has 0 bridgehead atoms. The second kappa shape index (κ2) is 11.7. The number of hydrogen-bond donors (Lipinski definition) is 3. The number of aliphatic hydroxyl groups is 2. The Kier molecular flexibility index (Phi) is 9.31. The third kappa shape index (κ3) is 7.52. The molecule has 2 aromatic carbocycles. The first kappa shape index (κ1) is 22.2. The van der Waals surface area contributed by atoms with Crippen molar-refractivity contribution >= 4 is 5.78 Å². The Morgan fingerprint density at radius 1 is 1.14 bits per heavy atom. The molecule has 0 amide bonds. The molecule has 0 radical (unpaired) electrons. The van der Waals surface area contributed by atoms with Gasteiger partial charge in [0, 0.05) is 31.2 Å². The zero-order valence-electron chi connectivity index (χ0n) is 16.7. The number of ether oxygens (including phenoxy) is 1. The van der Waals surface area contributed by atoms with Crippen LogP contribution in [0, 0.1) is 6.92 Å². The van der Waals surface area contributed by atoms with Gasteiger partial charge in [-0.15, -0.1) is 0 Å². The number of aliphatic hydroxyl groups excluding tert-OH is 2. The maximum Gasteiger partial charge on any atom is 0.191 e. The summed E-state index contributed by atoms with van der Waals surface area (Å²) in [6.45, 7) is 4.47. The van der Waals surface area contributed by atoms with Crippen molar-refractivity contribution in [3.63, 3.8) is 0 Å². The fourth-order valence-corrected chi connectivity index (χ4v) is 2.99. The molecule has 5 heteroatoms. The van der Waals surface area contributed by atoms with E-state index in [1.165, 1.54) is 0 Å². The van der Waals surface area contributed by atoms with E-state index in [1.54, 1.807) is 12.1 Å². The van der Waals surface area contributed by atoms with Gasteiger partial charge in [-0.25, -0.2) is 0 Å². The van der Waals surface area contributed by atoms with Gasteiger partial charge < -0.3 is 20.3 Å². The molecule has 0 aliphatic carbocycles. The molecule has 3 atom stereocenters. The fourth-order valence-electron chi connectivity index (χ4n) is 2.99. The van der Waals surface area contributed by atoms with Crippen LogP contribution in [0.1, 0.15) is 34.8 Å². The predicted octanol–water partition coefficient (Wildman–Crippen LogP) is 2.53. The van der Waals surface area contributed by atoms with Gasteiger partial charge in [0.2, 0.25) is 0 Å². The van der Waals surface area contributed by atoms with Crippen LogP contribution >= 0.6 is 0 Å². The average molecular weight is 386 g/mol. The Morgan fingerprint density at radius 3 is 2.57 bits per heavy atom. The first-order chi connectivity index (χ1) is 13.5. The molecular weight excluding hydrogens is 354 g/mol. The molecule has 0 fully saturated rings. The Hall–Kier alpha value is -2.05. The first-order valence-electron chi connectivity index (χ1n) is 9.78. The van der Waals surface area contributed by atoms with Gasteiger partial charge in [0.1, 0.15) is 6.10 Å². The zero-order chi connectivity index (χ0) is 20.4. The van der Waals surface area contributed by atoms with Gasteiger partial charge in [-0.05, 0) is 25.8 Å². The molecule has 3 N–H and O–H groups in total. The summed E-state index contributed by atoms with van der Waals surface area (Å²) in [5, 5.41) is 22.3. The highest BCUT2D eigenvalue weighted by Gasteiger charge is 2.22. The second-order valence-corrected chi connectivity index (χ2v) is 7.22. The minimum absolute atomic E-state index is 0.0634. The van der Waals surface area contributed by atoms with Crippen molar-refractivity contribution in [2.24, 2.45) is 0 Å². The van der Waals surface area contributed by atoms with E-state index in [0.717, 1.165) is 11.1 Å². The topological polar surface area (TPSA) is 78.8 Å². The molecule has 0 saturated carbocycles. The van der Waals surface area contributed by atoms with E-state index in [1.807, 2.05) is 56.3 Å². The van der Waals surface area contributed by atoms with E-state index in [2.05, 4.69) is 5.32 Å². The van der Waals surface area contributed by atoms with Crippen molar-refractivity contribution in [2.45, 2.75) is 44.9 Å². The summed E-state index contributed by atoms with van der Waals surface area (Å²) < 4.78 is 5.87. The minimum atomic E-state index is -0.732. The van der Waals surface area contributed by atoms with Crippen LogP contribution in [0.4, 0.5) is 0 Å². The lowest BCUT2D eigenvalue weighted by molar-refractivity contribution is -0.00247. The number of Topliss-reactive ketones (excluding diaryl/α,β-unsaturated/α-hetero) is 1. The van der Waals surface area contributed by atoms with Crippen molar-refractivity contribution in [3.8, 4) is 0 Å². The molecular formula is C23H31NO4. The number of benzene rings is 2. The van der Waals surface area contributed by atoms with Crippen LogP contribution in [0.2, 0.25) is 0 Å². The number of rotatable bonds is 12. The normalized spacial score (nSPS) is 14.4. The molecule has 28 heavy (non-hydrogen) atoms. The van der Waals surface area contributed by atoms with E-state index in [9.17, 15) is 9.90 Å². The quantitative estimate of drug-likeness (QED) is 0.490. The highest BCUT2D eigenvalue weighted by molar-refractivity contribution is 5.99. The SMILES string of the molecule is Cc1cccc(CC(OCC(O)CNC(C)CCO)C(=O)c2ccccc2)c1. The van der Waals surface area contributed by atoms with Crippen LogP contribution in [0.3, 0.4) is 0 Å². The maximum absolute atomic E-state index is 12.9. The molecule has 0 aliphatic rings. The lowest BCUT2D eigenvalue weighted by atomic mass is 9.99. The van der Waals surface area contributed by atoms with E-state index in [-0.39, 0.29) is 25.0 Å². The first-order valence-corrected chi connectivity index (χ1v) is 9.78. The van der Waals surface area contributed by atoms with Gasteiger partial charge in [0.05, 0.1) is 12.7 Å². The summed E-state index contributed by atoms with van der Waals surface area (Å²) in [6.07, 6.45) is -0.314. The zero-order valence-corrected chi connectivity index (χ0v) is 16.7. The van der Waals surface area contributed by atoms with Gasteiger partial charge in [0.25, 0.3) is 0 Å². The van der Waals surface area contributed by atoms with Gasteiger partial charge >= 0.3 is 0 Å². The minimum Gasteiger partial charge on any atom is -0.396 e. The fraction of sp³-hybridized carbons (Fsp3) is 0.435. The Balaban J connectivity index is 2.00. The van der Waals surface area contributed by atoms with Crippen molar-refractivity contribution in [1.29, 1.82) is 0 Å². The van der Waals surface area contributed by atoms with E-state index < -0.39 is 12.2 Å². The third-order valence-corrected chi connectivity index (χ3v) is 4.61. The molecule has 3 unspecified atom stereocenters. The van der Waals surface area contributed by atoms with Crippen LogP contribution in [0.25, 0.3) is 0 Å². The number of nitrogens with one attached hydrogen (secondary N) is 1. The number of aryl methyl sites for hydroxylation is 1. The number of carbonyl (C=O) groups excluding carboxylic acids is 1. The van der Waals surface area contributed by atoms with Crippen LogP contribution in [-0.2, 0) is 11.2 Å². The summed E-state index contributed by atoms with van der Waals surface area (Å²) in [4.78, 5) is 12.9. The summed E-state index contributed by atoms with van der Waals surface area (Å²) in [6, 6.07) is 17.2.